The zero-order valence-electron chi connectivity index (χ0n) is 59.3. The zero-order valence-corrected chi connectivity index (χ0v) is 59.3. The molecule has 23 heteroatoms. The molecule has 23 nitrogen and oxygen atoms in total. The third-order valence-electron chi connectivity index (χ3n) is 14.1. The lowest BCUT2D eigenvalue weighted by atomic mass is 9.84. The maximum absolute atomic E-state index is 9.87. The normalized spacial score (nSPS) is 15.3. The van der Waals surface area contributed by atoms with Gasteiger partial charge < -0.3 is 111 Å². The Hall–Kier alpha value is -3.74. The number of nitrogens with zero attached hydrogens (tertiary/aromatic N) is 2. The van der Waals surface area contributed by atoms with E-state index in [0.29, 0.717) is 171 Å². The fraction of sp³-hybridized carbons (Fsp3) is 0.746. The number of aliphatic hydroxyl groups is 4. The summed E-state index contributed by atoms with van der Waals surface area (Å²) in [5.41, 5.74) is 7.66. The van der Waals surface area contributed by atoms with Gasteiger partial charge in [-0.25, -0.2) is 0 Å². The second kappa shape index (κ2) is 51.4. The number of ether oxygens (including phenoxy) is 16. The van der Waals surface area contributed by atoms with E-state index >= 15 is 0 Å². The number of nitrogens with one attached hydrogen (secondary N) is 1. The molecule has 0 aliphatic heterocycles. The van der Waals surface area contributed by atoms with Crippen molar-refractivity contribution in [2.24, 2.45) is 0 Å². The first-order valence-electron chi connectivity index (χ1n) is 33.9. The number of aliphatic hydroxyl groups excluding tert-OH is 3. The van der Waals surface area contributed by atoms with Crippen LogP contribution in [0, 0.1) is 0 Å². The predicted molar refractivity (Wildman–Crippen MR) is 366 cm³/mol. The second-order valence-electron chi connectivity index (χ2n) is 24.7. The van der Waals surface area contributed by atoms with E-state index in [9.17, 15) is 20.4 Å². The average molecular weight is 1340 g/mol. The Balaban J connectivity index is 1.77. The van der Waals surface area contributed by atoms with E-state index < -0.39 is 24.1 Å². The van der Waals surface area contributed by atoms with Gasteiger partial charge in [0, 0.05) is 56.7 Å². The van der Waals surface area contributed by atoms with E-state index in [0.717, 1.165) is 39.3 Å². The molecule has 0 aliphatic rings. The zero-order chi connectivity index (χ0) is 68.8. The van der Waals surface area contributed by atoms with Gasteiger partial charge in [0.25, 0.3) is 0 Å². The number of benzene rings is 3. The molecule has 0 heterocycles. The fourth-order valence-electron chi connectivity index (χ4n) is 9.35. The van der Waals surface area contributed by atoms with Gasteiger partial charge in [0.1, 0.15) is 0 Å². The topological polar surface area (TPSA) is 247 Å². The maximum Gasteiger partial charge on any atom is 0.160 e. The van der Waals surface area contributed by atoms with Crippen molar-refractivity contribution in [3.8, 4) is 0 Å². The molecule has 0 fully saturated rings. The standard InChI is InChI=1S/C71H123N3O20/c1-54(75)45-89-57(4)48-87-42-38-84-35-33-81-30-26-74(27-31-82-37-41-86-50-59(6)93-53-61(8)91-47-56(3)77)68-21-16-64(17-22-68)70(63-14-19-67(20-15-63)73(12)13)66-18-23-69(72-25-29-80-32-34-83-39-43-88-51-62(9)94-71(10,11)78)65(44-66)24-28-79-36-40-85-49-58(5)92-52-60(7)90-46-55(2)76/h14-23,44,54-62,70,72,75-78H,24-43,45-53H2,1-13H3. The lowest BCUT2D eigenvalue weighted by Gasteiger charge is -2.26. The summed E-state index contributed by atoms with van der Waals surface area (Å²) < 4.78 is 93.1. The highest BCUT2D eigenvalue weighted by molar-refractivity contribution is 5.58. The van der Waals surface area contributed by atoms with E-state index in [2.05, 4.69) is 81.8 Å². The van der Waals surface area contributed by atoms with Crippen molar-refractivity contribution in [2.45, 2.75) is 149 Å². The Morgan fingerprint density at radius 3 is 1.13 bits per heavy atom. The third kappa shape index (κ3) is 42.2. The molecule has 0 bridgehead atoms. The average Bonchev–Trinajstić information content (AvgIpc) is 0.808. The van der Waals surface area contributed by atoms with Gasteiger partial charge in [0.05, 0.1) is 220 Å². The van der Waals surface area contributed by atoms with Gasteiger partial charge in [-0.3, -0.25) is 0 Å². The number of hydrogen-bond acceptors (Lipinski definition) is 23. The van der Waals surface area contributed by atoms with E-state index in [1.165, 1.54) is 0 Å². The van der Waals surface area contributed by atoms with Crippen LogP contribution in [0.5, 0.6) is 0 Å². The van der Waals surface area contributed by atoms with E-state index in [1.807, 2.05) is 55.6 Å². The molecule has 0 saturated carbocycles. The highest BCUT2D eigenvalue weighted by Gasteiger charge is 2.22. The lowest BCUT2D eigenvalue weighted by molar-refractivity contribution is -0.211. The lowest BCUT2D eigenvalue weighted by Crippen LogP contribution is -2.31. The van der Waals surface area contributed by atoms with Gasteiger partial charge in [-0.15, -0.1) is 0 Å². The van der Waals surface area contributed by atoms with Gasteiger partial charge in [-0.05, 0) is 135 Å². The first-order valence-corrected chi connectivity index (χ1v) is 33.9. The first kappa shape index (κ1) is 84.5. The van der Waals surface area contributed by atoms with Crippen molar-refractivity contribution in [1.29, 1.82) is 0 Å². The van der Waals surface area contributed by atoms with Crippen LogP contribution in [0.15, 0.2) is 66.7 Å². The van der Waals surface area contributed by atoms with Crippen molar-refractivity contribution in [3.05, 3.63) is 89.0 Å². The van der Waals surface area contributed by atoms with Crippen LogP contribution in [0.4, 0.5) is 17.1 Å². The van der Waals surface area contributed by atoms with Gasteiger partial charge in [0.15, 0.2) is 5.79 Å². The second-order valence-corrected chi connectivity index (χ2v) is 24.7. The highest BCUT2D eigenvalue weighted by atomic mass is 16.6. The molecule has 94 heavy (non-hydrogen) atoms. The van der Waals surface area contributed by atoms with E-state index in [1.54, 1.807) is 34.6 Å². The SMILES string of the molecule is CC(O)COC(C)COCCOCCOCCN(CCOCCOCC(C)OCC(C)OCC(C)O)c1ccc(C(c2ccc(N(C)C)cc2)c2ccc(NCCOCCOCCOCC(C)OC(C)(C)O)c(CCOCCOCC(C)OCC(C)OCC(C)O)c2)cc1. The predicted octanol–water partition coefficient (Wildman–Crippen LogP) is 7.16. The van der Waals surface area contributed by atoms with Crippen molar-refractivity contribution in [2.75, 3.05) is 214 Å². The maximum atomic E-state index is 9.87. The van der Waals surface area contributed by atoms with Crippen LogP contribution >= 0.6 is 0 Å². The molecule has 5 N–H and O–H groups in total. The van der Waals surface area contributed by atoms with Gasteiger partial charge in [0.2, 0.25) is 0 Å². The molecule has 0 aliphatic carbocycles. The Morgan fingerprint density at radius 2 is 0.723 bits per heavy atom. The molecule has 0 saturated heterocycles. The summed E-state index contributed by atoms with van der Waals surface area (Å²) in [5, 5.41) is 42.1. The summed E-state index contributed by atoms with van der Waals surface area (Å²) in [7, 11) is 4.09. The van der Waals surface area contributed by atoms with Crippen LogP contribution in [0.25, 0.3) is 0 Å². The Labute approximate surface area is 563 Å². The van der Waals surface area contributed by atoms with Crippen molar-refractivity contribution in [1.82, 2.24) is 0 Å². The summed E-state index contributed by atoms with van der Waals surface area (Å²) in [6.45, 7) is 31.8. The van der Waals surface area contributed by atoms with Crippen LogP contribution < -0.4 is 15.1 Å². The molecule has 3 aromatic carbocycles. The molecule has 0 radical (unpaired) electrons. The molecule has 3 aromatic rings. The first-order chi connectivity index (χ1) is 45.1. The van der Waals surface area contributed by atoms with Crippen molar-refractivity contribution in [3.63, 3.8) is 0 Å². The Bertz CT molecular complexity index is 2260. The fourth-order valence-corrected chi connectivity index (χ4v) is 9.35. The van der Waals surface area contributed by atoms with Crippen LogP contribution in [0.1, 0.15) is 104 Å². The van der Waals surface area contributed by atoms with E-state index in [4.69, 9.17) is 75.8 Å². The van der Waals surface area contributed by atoms with Crippen LogP contribution in [0.3, 0.4) is 0 Å². The minimum atomic E-state index is -1.21. The monoisotopic (exact) mass is 1340 g/mol. The number of anilines is 3. The summed E-state index contributed by atoms with van der Waals surface area (Å²) in [6.07, 6.45) is -1.83. The molecule has 542 valence electrons. The van der Waals surface area contributed by atoms with Crippen LogP contribution in [-0.2, 0) is 82.2 Å². The Morgan fingerprint density at radius 1 is 0.383 bits per heavy atom. The van der Waals surface area contributed by atoms with Crippen molar-refractivity contribution >= 4 is 17.1 Å². The summed E-state index contributed by atoms with van der Waals surface area (Å²) in [4.78, 5) is 4.38. The molecule has 0 amide bonds. The number of hydrogen-bond donors (Lipinski definition) is 5. The number of rotatable bonds is 61. The summed E-state index contributed by atoms with van der Waals surface area (Å²) in [6, 6.07) is 24.2. The van der Waals surface area contributed by atoms with Gasteiger partial charge in [-0.1, -0.05) is 36.4 Å². The largest absolute Gasteiger partial charge is 0.391 e. The highest BCUT2D eigenvalue weighted by Crippen LogP contribution is 2.36. The smallest absolute Gasteiger partial charge is 0.160 e. The van der Waals surface area contributed by atoms with Gasteiger partial charge >= 0.3 is 0 Å². The minimum absolute atomic E-state index is 0.111. The third-order valence-corrected chi connectivity index (χ3v) is 14.1. The molecule has 10 unspecified atom stereocenters. The van der Waals surface area contributed by atoms with Crippen LogP contribution in [-0.4, -0.2) is 280 Å². The van der Waals surface area contributed by atoms with Crippen molar-refractivity contribution < 1.29 is 96.2 Å². The van der Waals surface area contributed by atoms with E-state index in [-0.39, 0.29) is 62.4 Å². The molecular formula is C71H123N3O20. The molecule has 0 aromatic heterocycles. The van der Waals surface area contributed by atoms with Gasteiger partial charge in [-0.2, -0.15) is 0 Å². The molecule has 0 spiro atoms. The Kier molecular flexibility index (Phi) is 46.2. The quantitative estimate of drug-likeness (QED) is 0.0214. The summed E-state index contributed by atoms with van der Waals surface area (Å²) in [5.74, 6) is -1.33. The molecule has 10 atom stereocenters. The minimum Gasteiger partial charge on any atom is -0.391 e. The molecular weight excluding hydrogens is 1210 g/mol. The van der Waals surface area contributed by atoms with Crippen LogP contribution in [0.2, 0.25) is 0 Å². The summed E-state index contributed by atoms with van der Waals surface area (Å²) >= 11 is 0. The molecule has 3 rings (SSSR count).